The van der Waals surface area contributed by atoms with E-state index < -0.39 is 0 Å². The molecule has 0 unspecified atom stereocenters. The van der Waals surface area contributed by atoms with Crippen molar-refractivity contribution in [1.29, 1.82) is 0 Å². The van der Waals surface area contributed by atoms with Crippen molar-refractivity contribution in [2.24, 2.45) is 0 Å². The van der Waals surface area contributed by atoms with Gasteiger partial charge in [0.2, 0.25) is 0 Å². The molecule has 1 aromatic rings. The summed E-state index contributed by atoms with van der Waals surface area (Å²) in [7, 11) is 0. The third-order valence-corrected chi connectivity index (χ3v) is 1.51. The zero-order valence-electron chi connectivity index (χ0n) is 6.83. The Morgan fingerprint density at radius 1 is 1.50 bits per heavy atom. The molecular formula is C10H10N2. The van der Waals surface area contributed by atoms with Crippen LogP contribution in [0.25, 0.3) is 0 Å². The van der Waals surface area contributed by atoms with Crippen LogP contribution in [-0.2, 0) is 6.54 Å². The van der Waals surface area contributed by atoms with E-state index in [1.165, 1.54) is 0 Å². The van der Waals surface area contributed by atoms with Crippen molar-refractivity contribution in [3.63, 3.8) is 0 Å². The maximum atomic E-state index is 5.18. The van der Waals surface area contributed by atoms with E-state index >= 15 is 0 Å². The van der Waals surface area contributed by atoms with Crippen LogP contribution in [-0.4, -0.2) is 9.78 Å². The molecule has 0 amide bonds. The summed E-state index contributed by atoms with van der Waals surface area (Å²) >= 11 is 0. The molecule has 1 aromatic heterocycles. The van der Waals surface area contributed by atoms with Crippen LogP contribution in [0.4, 0.5) is 0 Å². The first-order valence-corrected chi connectivity index (χ1v) is 3.79. The summed E-state index contributed by atoms with van der Waals surface area (Å²) in [5.41, 5.74) is 0.815. The Kier molecular flexibility index (Phi) is 2.99. The minimum Gasteiger partial charge on any atom is -0.271 e. The highest BCUT2D eigenvalue weighted by atomic mass is 15.3. The lowest BCUT2D eigenvalue weighted by molar-refractivity contribution is 0.587. The summed E-state index contributed by atoms with van der Waals surface area (Å²) in [5, 5.41) is 4.06. The first-order chi connectivity index (χ1) is 5.86. The van der Waals surface area contributed by atoms with Gasteiger partial charge in [0.05, 0.1) is 11.8 Å². The molecule has 0 atom stereocenters. The number of unbranched alkanes of at least 4 members (excludes halogenated alkanes) is 1. The fourth-order valence-corrected chi connectivity index (χ4v) is 0.904. The molecule has 0 aliphatic rings. The molecule has 1 rings (SSSR count). The predicted octanol–water partition coefficient (Wildman–Crippen LogP) is 1.28. The molecule has 0 aliphatic carbocycles. The normalized spacial score (nSPS) is 8.83. The van der Waals surface area contributed by atoms with Gasteiger partial charge < -0.3 is 0 Å². The topological polar surface area (TPSA) is 17.8 Å². The number of terminal acetylenes is 2. The van der Waals surface area contributed by atoms with Crippen LogP contribution in [0, 0.1) is 24.7 Å². The largest absolute Gasteiger partial charge is 0.271 e. The summed E-state index contributed by atoms with van der Waals surface area (Å²) in [4.78, 5) is 0. The second kappa shape index (κ2) is 4.26. The van der Waals surface area contributed by atoms with Crippen LogP contribution >= 0.6 is 0 Å². The fourth-order valence-electron chi connectivity index (χ4n) is 0.904. The number of nitrogens with zero attached hydrogens (tertiary/aromatic N) is 2. The molecular weight excluding hydrogens is 148 g/mol. The average Bonchev–Trinajstić information content (AvgIpc) is 2.53. The van der Waals surface area contributed by atoms with Gasteiger partial charge in [0.1, 0.15) is 0 Å². The molecule has 0 aliphatic heterocycles. The summed E-state index contributed by atoms with van der Waals surface area (Å²) in [5.74, 6) is 5.09. The minimum atomic E-state index is 0.783. The summed E-state index contributed by atoms with van der Waals surface area (Å²) in [6.45, 7) is 0.839. The molecule has 12 heavy (non-hydrogen) atoms. The number of rotatable bonds is 3. The van der Waals surface area contributed by atoms with Gasteiger partial charge in [0, 0.05) is 19.2 Å². The minimum absolute atomic E-state index is 0.783. The molecule has 0 fully saturated rings. The fraction of sp³-hybridized carbons (Fsp3) is 0.300. The SMILES string of the molecule is C#CCCCn1cc(C#C)cn1. The molecule has 0 radical (unpaired) electrons. The molecule has 0 aromatic carbocycles. The van der Waals surface area contributed by atoms with Gasteiger partial charge in [-0.2, -0.15) is 5.10 Å². The van der Waals surface area contributed by atoms with Gasteiger partial charge in [-0.3, -0.25) is 4.68 Å². The monoisotopic (exact) mass is 158 g/mol. The van der Waals surface area contributed by atoms with Crippen LogP contribution in [0.1, 0.15) is 18.4 Å². The molecule has 1 heterocycles. The van der Waals surface area contributed by atoms with E-state index in [9.17, 15) is 0 Å². The van der Waals surface area contributed by atoms with E-state index in [2.05, 4.69) is 16.9 Å². The Hall–Kier alpha value is -1.67. The van der Waals surface area contributed by atoms with E-state index in [-0.39, 0.29) is 0 Å². The molecule has 0 spiro atoms. The number of aryl methyl sites for hydroxylation is 1. The number of hydrogen-bond donors (Lipinski definition) is 0. The maximum Gasteiger partial charge on any atom is 0.0646 e. The van der Waals surface area contributed by atoms with Crippen LogP contribution in [0.2, 0.25) is 0 Å². The first kappa shape index (κ1) is 8.43. The molecule has 0 N–H and O–H groups in total. The standard InChI is InChI=1S/C10H10N2/c1-3-5-6-7-12-9-10(4-2)8-11-12/h1-2,8-9H,5-7H2. The van der Waals surface area contributed by atoms with Gasteiger partial charge in [-0.1, -0.05) is 5.92 Å². The highest BCUT2D eigenvalue weighted by Crippen LogP contribution is 1.97. The van der Waals surface area contributed by atoms with Crippen molar-refractivity contribution < 1.29 is 0 Å². The molecule has 0 bridgehead atoms. The zero-order chi connectivity index (χ0) is 8.81. The molecule has 60 valence electrons. The molecule has 2 nitrogen and oxygen atoms in total. The highest BCUT2D eigenvalue weighted by Gasteiger charge is 1.93. The third kappa shape index (κ3) is 2.18. The lowest BCUT2D eigenvalue weighted by atomic mass is 10.3. The van der Waals surface area contributed by atoms with Crippen LogP contribution in [0.5, 0.6) is 0 Å². The molecule has 0 saturated carbocycles. The van der Waals surface area contributed by atoms with E-state index in [0.717, 1.165) is 24.9 Å². The van der Waals surface area contributed by atoms with E-state index in [1.54, 1.807) is 6.20 Å². The lowest BCUT2D eigenvalue weighted by Gasteiger charge is -1.95. The second-order valence-electron chi connectivity index (χ2n) is 2.44. The van der Waals surface area contributed by atoms with Crippen molar-refractivity contribution in [1.82, 2.24) is 9.78 Å². The average molecular weight is 158 g/mol. The maximum absolute atomic E-state index is 5.18. The predicted molar refractivity (Wildman–Crippen MR) is 48.2 cm³/mol. The first-order valence-electron chi connectivity index (χ1n) is 3.79. The van der Waals surface area contributed by atoms with Crippen molar-refractivity contribution in [3.8, 4) is 24.7 Å². The Labute approximate surface area is 72.6 Å². The van der Waals surface area contributed by atoms with E-state index in [1.807, 2.05) is 10.9 Å². The summed E-state index contributed by atoms with van der Waals surface area (Å²) < 4.78 is 1.81. The molecule has 2 heteroatoms. The zero-order valence-corrected chi connectivity index (χ0v) is 6.83. The van der Waals surface area contributed by atoms with Crippen molar-refractivity contribution >= 4 is 0 Å². The quantitative estimate of drug-likeness (QED) is 0.478. The van der Waals surface area contributed by atoms with E-state index in [4.69, 9.17) is 12.8 Å². The molecule has 0 saturated heterocycles. The van der Waals surface area contributed by atoms with Gasteiger partial charge in [-0.15, -0.1) is 18.8 Å². The summed E-state index contributed by atoms with van der Waals surface area (Å²) in [6, 6.07) is 0. The Morgan fingerprint density at radius 2 is 2.33 bits per heavy atom. The van der Waals surface area contributed by atoms with Crippen molar-refractivity contribution in [2.75, 3.05) is 0 Å². The van der Waals surface area contributed by atoms with Gasteiger partial charge >= 0.3 is 0 Å². The van der Waals surface area contributed by atoms with Crippen LogP contribution < -0.4 is 0 Å². The Bertz CT molecular complexity index is 322. The smallest absolute Gasteiger partial charge is 0.0646 e. The lowest BCUT2D eigenvalue weighted by Crippen LogP contribution is -1.97. The highest BCUT2D eigenvalue weighted by molar-refractivity contribution is 5.26. The second-order valence-corrected chi connectivity index (χ2v) is 2.44. The van der Waals surface area contributed by atoms with Crippen LogP contribution in [0.15, 0.2) is 12.4 Å². The van der Waals surface area contributed by atoms with Gasteiger partial charge in [-0.25, -0.2) is 0 Å². The van der Waals surface area contributed by atoms with Crippen molar-refractivity contribution in [2.45, 2.75) is 19.4 Å². The Morgan fingerprint density at radius 3 is 2.92 bits per heavy atom. The summed E-state index contributed by atoms with van der Waals surface area (Å²) in [6.07, 6.45) is 15.5. The number of aromatic nitrogens is 2. The van der Waals surface area contributed by atoms with Gasteiger partial charge in [-0.05, 0) is 6.42 Å². The Balaban J connectivity index is 2.44. The van der Waals surface area contributed by atoms with Crippen molar-refractivity contribution in [3.05, 3.63) is 18.0 Å². The van der Waals surface area contributed by atoms with Crippen LogP contribution in [0.3, 0.4) is 0 Å². The number of hydrogen-bond acceptors (Lipinski definition) is 1. The third-order valence-electron chi connectivity index (χ3n) is 1.51. The van der Waals surface area contributed by atoms with E-state index in [0.29, 0.717) is 0 Å². The van der Waals surface area contributed by atoms with Gasteiger partial charge in [0.15, 0.2) is 0 Å². The van der Waals surface area contributed by atoms with Gasteiger partial charge in [0.25, 0.3) is 0 Å².